The van der Waals surface area contributed by atoms with Crippen LogP contribution in [0.15, 0.2) is 0 Å². The van der Waals surface area contributed by atoms with Crippen molar-refractivity contribution < 1.29 is 13.2 Å². The molecule has 5 nitrogen and oxygen atoms in total. The molecular weight excluding hydrogens is 288 g/mol. The van der Waals surface area contributed by atoms with Crippen LogP contribution in [-0.2, 0) is 14.8 Å². The summed E-state index contributed by atoms with van der Waals surface area (Å²) in [6.45, 7) is 5.43. The second kappa shape index (κ2) is 7.78. The lowest BCUT2D eigenvalue weighted by Crippen LogP contribution is -2.48. The van der Waals surface area contributed by atoms with E-state index >= 15 is 0 Å². The largest absolute Gasteiger partial charge is 0.380 e. The van der Waals surface area contributed by atoms with Gasteiger partial charge >= 0.3 is 0 Å². The van der Waals surface area contributed by atoms with E-state index in [1.54, 1.807) is 4.31 Å². The first kappa shape index (κ1) is 17.2. The van der Waals surface area contributed by atoms with Gasteiger partial charge in [-0.25, -0.2) is 8.42 Å². The Morgan fingerprint density at radius 1 is 1.37 bits per heavy atom. The molecule has 2 fully saturated rings. The average molecular weight is 313 g/mol. The van der Waals surface area contributed by atoms with Crippen molar-refractivity contribution in [2.75, 3.05) is 32.8 Å². The van der Waals surface area contributed by atoms with Gasteiger partial charge in [0.2, 0.25) is 10.0 Å². The summed E-state index contributed by atoms with van der Waals surface area (Å²) in [5.74, 6) is 0. The summed E-state index contributed by atoms with van der Waals surface area (Å²) in [6.07, 6.45) is 3.38. The van der Waals surface area contributed by atoms with Gasteiger partial charge in [-0.2, -0.15) is 4.31 Å². The van der Waals surface area contributed by atoms with Gasteiger partial charge in [0.1, 0.15) is 0 Å². The molecule has 19 heavy (non-hydrogen) atoms. The number of ether oxygens (including phenoxy) is 1. The molecule has 7 heteroatoms. The van der Waals surface area contributed by atoms with Crippen LogP contribution in [-0.4, -0.2) is 56.9 Å². The molecule has 0 aromatic rings. The molecule has 2 heterocycles. The molecule has 2 unspecified atom stereocenters. The maximum absolute atomic E-state index is 12.7. The van der Waals surface area contributed by atoms with E-state index < -0.39 is 10.0 Å². The monoisotopic (exact) mass is 312 g/mol. The number of halogens is 1. The van der Waals surface area contributed by atoms with Crippen molar-refractivity contribution in [3.8, 4) is 0 Å². The molecule has 2 rings (SSSR count). The van der Waals surface area contributed by atoms with Gasteiger partial charge < -0.3 is 10.1 Å². The second-order valence-electron chi connectivity index (χ2n) is 5.14. The Morgan fingerprint density at radius 2 is 2.16 bits per heavy atom. The number of rotatable bonds is 5. The first-order valence-corrected chi connectivity index (χ1v) is 8.45. The molecule has 0 saturated carbocycles. The molecule has 2 aliphatic rings. The molecule has 0 aliphatic carbocycles. The summed E-state index contributed by atoms with van der Waals surface area (Å²) in [5.41, 5.74) is 0. The number of hydrogen-bond donors (Lipinski definition) is 1. The highest BCUT2D eigenvalue weighted by Crippen LogP contribution is 2.23. The van der Waals surface area contributed by atoms with Crippen molar-refractivity contribution in [2.24, 2.45) is 0 Å². The van der Waals surface area contributed by atoms with E-state index in [4.69, 9.17) is 4.74 Å². The van der Waals surface area contributed by atoms with Crippen LogP contribution >= 0.6 is 12.4 Å². The molecule has 0 aromatic carbocycles. The fraction of sp³-hybridized carbons (Fsp3) is 1.00. The van der Waals surface area contributed by atoms with E-state index in [1.807, 2.05) is 6.92 Å². The molecule has 0 bridgehead atoms. The van der Waals surface area contributed by atoms with E-state index in [9.17, 15) is 8.42 Å². The van der Waals surface area contributed by atoms with E-state index in [0.29, 0.717) is 19.8 Å². The van der Waals surface area contributed by atoms with Gasteiger partial charge in [-0.05, 0) is 32.2 Å². The van der Waals surface area contributed by atoms with Crippen molar-refractivity contribution in [1.29, 1.82) is 0 Å². The fourth-order valence-electron chi connectivity index (χ4n) is 2.76. The topological polar surface area (TPSA) is 58.6 Å². The van der Waals surface area contributed by atoms with Gasteiger partial charge in [0.25, 0.3) is 0 Å². The Labute approximate surface area is 122 Å². The van der Waals surface area contributed by atoms with Gasteiger partial charge in [0.05, 0.1) is 11.9 Å². The summed E-state index contributed by atoms with van der Waals surface area (Å²) in [6, 6.07) is 0.136. The summed E-state index contributed by atoms with van der Waals surface area (Å²) in [4.78, 5) is 0. The zero-order valence-electron chi connectivity index (χ0n) is 11.5. The summed E-state index contributed by atoms with van der Waals surface area (Å²) >= 11 is 0. The fourth-order valence-corrected chi connectivity index (χ4v) is 4.91. The number of sulfonamides is 1. The number of nitrogens with one attached hydrogen (secondary N) is 1. The zero-order chi connectivity index (χ0) is 13.0. The van der Waals surface area contributed by atoms with Gasteiger partial charge in [-0.1, -0.05) is 6.92 Å². The van der Waals surface area contributed by atoms with Crippen molar-refractivity contribution in [3.63, 3.8) is 0 Å². The highest BCUT2D eigenvalue weighted by molar-refractivity contribution is 7.89. The molecule has 0 radical (unpaired) electrons. The second-order valence-corrected chi connectivity index (χ2v) is 7.31. The Kier molecular flexibility index (Phi) is 7.04. The normalized spacial score (nSPS) is 28.3. The van der Waals surface area contributed by atoms with Gasteiger partial charge in [0, 0.05) is 25.7 Å². The van der Waals surface area contributed by atoms with Gasteiger partial charge in [-0.15, -0.1) is 12.4 Å². The Morgan fingerprint density at radius 3 is 2.68 bits per heavy atom. The Hall–Kier alpha value is 0.120. The first-order chi connectivity index (χ1) is 8.66. The first-order valence-electron chi connectivity index (χ1n) is 6.95. The molecule has 0 spiro atoms. The zero-order valence-corrected chi connectivity index (χ0v) is 13.1. The van der Waals surface area contributed by atoms with Gasteiger partial charge in [-0.3, -0.25) is 0 Å². The standard InChI is InChI=1S/C12H24N2O3S.ClH/c1-2-7-14(11-5-6-13-9-11)18(15,16)12-4-3-8-17-10-12;/h11-13H,2-10H2,1H3;1H. The van der Waals surface area contributed by atoms with E-state index in [2.05, 4.69) is 5.32 Å². The minimum atomic E-state index is -3.20. The van der Waals surface area contributed by atoms with Crippen molar-refractivity contribution in [2.45, 2.75) is 43.9 Å². The van der Waals surface area contributed by atoms with Crippen LogP contribution < -0.4 is 5.32 Å². The Balaban J connectivity index is 0.00000180. The van der Waals surface area contributed by atoms with Crippen LogP contribution in [0, 0.1) is 0 Å². The maximum atomic E-state index is 12.7. The quantitative estimate of drug-likeness (QED) is 0.822. The minimum Gasteiger partial charge on any atom is -0.380 e. The van der Waals surface area contributed by atoms with Crippen LogP contribution in [0.4, 0.5) is 0 Å². The molecule has 114 valence electrons. The van der Waals surface area contributed by atoms with Crippen LogP contribution in [0.2, 0.25) is 0 Å². The predicted octanol–water partition coefficient (Wildman–Crippen LogP) is 0.991. The third-order valence-corrected chi connectivity index (χ3v) is 6.10. The smallest absolute Gasteiger partial charge is 0.219 e. The maximum Gasteiger partial charge on any atom is 0.219 e. The molecule has 1 N–H and O–H groups in total. The average Bonchev–Trinajstić information content (AvgIpc) is 2.90. The molecule has 0 amide bonds. The lowest BCUT2D eigenvalue weighted by molar-refractivity contribution is 0.0969. The summed E-state index contributed by atoms with van der Waals surface area (Å²) in [7, 11) is -3.20. The SMILES string of the molecule is CCCN(C1CCNC1)S(=O)(=O)C1CCCOC1.Cl. The molecule has 0 aromatic heterocycles. The molecule has 2 saturated heterocycles. The predicted molar refractivity (Wildman–Crippen MR) is 78.3 cm³/mol. The Bertz CT molecular complexity index is 352. The summed E-state index contributed by atoms with van der Waals surface area (Å²) < 4.78 is 32.4. The van der Waals surface area contributed by atoms with Crippen LogP contribution in [0.1, 0.15) is 32.6 Å². The lowest BCUT2D eigenvalue weighted by Gasteiger charge is -2.32. The van der Waals surface area contributed by atoms with Crippen LogP contribution in [0.25, 0.3) is 0 Å². The highest BCUT2D eigenvalue weighted by atomic mass is 35.5. The van der Waals surface area contributed by atoms with E-state index in [-0.39, 0.29) is 23.7 Å². The highest BCUT2D eigenvalue weighted by Gasteiger charge is 2.37. The van der Waals surface area contributed by atoms with Crippen LogP contribution in [0.3, 0.4) is 0 Å². The number of hydrogen-bond acceptors (Lipinski definition) is 4. The van der Waals surface area contributed by atoms with Gasteiger partial charge in [0.15, 0.2) is 0 Å². The van der Waals surface area contributed by atoms with Crippen molar-refractivity contribution in [3.05, 3.63) is 0 Å². The van der Waals surface area contributed by atoms with E-state index in [1.165, 1.54) is 0 Å². The number of nitrogens with zero attached hydrogens (tertiary/aromatic N) is 1. The summed E-state index contributed by atoms with van der Waals surface area (Å²) in [5, 5.41) is 2.91. The van der Waals surface area contributed by atoms with Crippen molar-refractivity contribution in [1.82, 2.24) is 9.62 Å². The molecule has 2 atom stereocenters. The van der Waals surface area contributed by atoms with Crippen LogP contribution in [0.5, 0.6) is 0 Å². The lowest BCUT2D eigenvalue weighted by atomic mass is 10.2. The third-order valence-electron chi connectivity index (χ3n) is 3.75. The molecular formula is C12H25ClN2O3S. The molecule has 2 aliphatic heterocycles. The van der Waals surface area contributed by atoms with Crippen molar-refractivity contribution >= 4 is 22.4 Å². The van der Waals surface area contributed by atoms with E-state index in [0.717, 1.165) is 38.8 Å². The minimum absolute atomic E-state index is 0. The third kappa shape index (κ3) is 4.04.